The second kappa shape index (κ2) is 16.7. The Balaban J connectivity index is 5.03. The Labute approximate surface area is 233 Å². The molecule has 228 valence electrons. The van der Waals surface area contributed by atoms with Crippen LogP contribution in [0.25, 0.3) is 0 Å². The van der Waals surface area contributed by atoms with E-state index >= 15 is 0 Å². The summed E-state index contributed by atoms with van der Waals surface area (Å²) in [5.41, 5.74) is 5.50. The molecule has 6 N–H and O–H groups in total. The zero-order valence-electron chi connectivity index (χ0n) is 24.7. The number of aliphatic hydroxyl groups excluding tert-OH is 1. The molecule has 0 aliphatic rings. The van der Waals surface area contributed by atoms with Crippen LogP contribution in [0.5, 0.6) is 0 Å². The molecule has 0 aromatic rings. The maximum absolute atomic E-state index is 13.1. The normalized spacial score (nSPS) is 15.8. The second-order valence-electron chi connectivity index (χ2n) is 10.9. The van der Waals surface area contributed by atoms with Gasteiger partial charge in [0, 0.05) is 20.6 Å². The van der Waals surface area contributed by atoms with Crippen molar-refractivity contribution in [2.45, 2.75) is 84.5 Å². The van der Waals surface area contributed by atoms with Crippen molar-refractivity contribution < 1.29 is 32.7 Å². The van der Waals surface area contributed by atoms with Crippen LogP contribution in [0.4, 0.5) is 0 Å². The zero-order valence-corrected chi connectivity index (χ0v) is 25.5. The predicted octanol–water partition coefficient (Wildman–Crippen LogP) is -0.916. The molecule has 13 nitrogen and oxygen atoms in total. The standard InChI is InChI=1S/C25H50N6O7S/c1-9-19(25(36)30(7)18(5)24(35)31(8)20(23(26)34)14-16(2)3)28-22(33)15-21(32)17(4)10-11-29(6)12-13-39(27,37)38/h16-21,32H,9-15H2,1-8H3,(H2,26,34)(H,28,33)(H2,27,37,38)/t17-,18-,19+,20+,21+/m1/s1. The van der Waals surface area contributed by atoms with Crippen LogP contribution in [0.1, 0.15) is 60.3 Å². The summed E-state index contributed by atoms with van der Waals surface area (Å²) in [5.74, 6) is -2.36. The molecule has 0 saturated carbocycles. The molecule has 14 heteroatoms. The lowest BCUT2D eigenvalue weighted by Gasteiger charge is -2.34. The van der Waals surface area contributed by atoms with Gasteiger partial charge in [0.25, 0.3) is 0 Å². The van der Waals surface area contributed by atoms with Crippen molar-refractivity contribution in [3.05, 3.63) is 0 Å². The predicted molar refractivity (Wildman–Crippen MR) is 150 cm³/mol. The van der Waals surface area contributed by atoms with Crippen LogP contribution in [0, 0.1) is 11.8 Å². The SMILES string of the molecule is CC[C@H](NC(=O)C[C@H](O)[C@H](C)CCN(C)CCS(N)(=O)=O)C(=O)N(C)[C@H](C)C(=O)N(C)[C@@H](CC(C)C)C(N)=O. The van der Waals surface area contributed by atoms with Gasteiger partial charge < -0.3 is 30.9 Å². The van der Waals surface area contributed by atoms with Gasteiger partial charge in [-0.1, -0.05) is 27.7 Å². The van der Waals surface area contributed by atoms with Gasteiger partial charge in [0.2, 0.25) is 33.7 Å². The van der Waals surface area contributed by atoms with Crippen molar-refractivity contribution in [3.8, 4) is 0 Å². The number of nitrogens with two attached hydrogens (primary N) is 2. The van der Waals surface area contributed by atoms with E-state index in [1.54, 1.807) is 32.7 Å². The molecule has 5 atom stereocenters. The van der Waals surface area contributed by atoms with Gasteiger partial charge in [-0.3, -0.25) is 19.2 Å². The van der Waals surface area contributed by atoms with E-state index in [1.165, 1.54) is 23.9 Å². The van der Waals surface area contributed by atoms with Crippen LogP contribution in [0.3, 0.4) is 0 Å². The van der Waals surface area contributed by atoms with E-state index in [9.17, 15) is 32.7 Å². The van der Waals surface area contributed by atoms with Gasteiger partial charge in [-0.25, -0.2) is 13.6 Å². The van der Waals surface area contributed by atoms with E-state index in [2.05, 4.69) is 5.32 Å². The summed E-state index contributed by atoms with van der Waals surface area (Å²) in [7, 11) is 1.12. The van der Waals surface area contributed by atoms with E-state index in [-0.39, 0.29) is 37.0 Å². The topological polar surface area (TPSA) is 196 Å². The Morgan fingerprint density at radius 1 is 0.949 bits per heavy atom. The molecular weight excluding hydrogens is 528 g/mol. The molecule has 0 heterocycles. The molecule has 0 aliphatic heterocycles. The highest BCUT2D eigenvalue weighted by molar-refractivity contribution is 7.89. The largest absolute Gasteiger partial charge is 0.392 e. The first kappa shape index (κ1) is 36.7. The van der Waals surface area contributed by atoms with E-state index in [0.29, 0.717) is 19.4 Å². The fourth-order valence-electron chi connectivity index (χ4n) is 3.96. The third-order valence-corrected chi connectivity index (χ3v) is 7.69. The van der Waals surface area contributed by atoms with E-state index in [0.717, 1.165) is 0 Å². The number of carbonyl (C=O) groups is 4. The van der Waals surface area contributed by atoms with E-state index in [4.69, 9.17) is 10.9 Å². The van der Waals surface area contributed by atoms with Crippen LogP contribution in [-0.2, 0) is 29.2 Å². The highest BCUT2D eigenvalue weighted by Gasteiger charge is 2.34. The average molecular weight is 579 g/mol. The summed E-state index contributed by atoms with van der Waals surface area (Å²) in [6.45, 7) is 9.63. The first-order valence-electron chi connectivity index (χ1n) is 13.3. The zero-order chi connectivity index (χ0) is 30.7. The smallest absolute Gasteiger partial charge is 0.245 e. The number of nitrogens with zero attached hydrogens (tertiary/aromatic N) is 3. The molecule has 0 saturated heterocycles. The average Bonchev–Trinajstić information content (AvgIpc) is 2.84. The lowest BCUT2D eigenvalue weighted by Crippen LogP contribution is -2.56. The first-order chi connectivity index (χ1) is 17.8. The number of amides is 4. The van der Waals surface area contributed by atoms with Gasteiger partial charge in [0.05, 0.1) is 18.3 Å². The van der Waals surface area contributed by atoms with Crippen molar-refractivity contribution in [2.24, 2.45) is 22.7 Å². The minimum atomic E-state index is -3.56. The Morgan fingerprint density at radius 3 is 1.97 bits per heavy atom. The molecule has 0 radical (unpaired) electrons. The van der Waals surface area contributed by atoms with Gasteiger partial charge in [-0.15, -0.1) is 0 Å². The number of primary amides is 1. The molecule has 0 rings (SSSR count). The summed E-state index contributed by atoms with van der Waals surface area (Å²) >= 11 is 0. The summed E-state index contributed by atoms with van der Waals surface area (Å²) in [4.78, 5) is 55.0. The minimum Gasteiger partial charge on any atom is -0.392 e. The fourth-order valence-corrected chi connectivity index (χ4v) is 4.52. The summed E-state index contributed by atoms with van der Waals surface area (Å²) < 4.78 is 22.2. The van der Waals surface area contributed by atoms with E-state index < -0.39 is 57.9 Å². The van der Waals surface area contributed by atoms with Crippen LogP contribution < -0.4 is 16.2 Å². The molecule has 0 aliphatic carbocycles. The van der Waals surface area contributed by atoms with Gasteiger partial charge in [-0.2, -0.15) is 0 Å². The number of hydrogen-bond acceptors (Lipinski definition) is 8. The fraction of sp³-hybridized carbons (Fsp3) is 0.840. The van der Waals surface area contributed by atoms with Gasteiger partial charge in [0.1, 0.15) is 18.1 Å². The monoisotopic (exact) mass is 578 g/mol. The molecular formula is C25H50N6O7S. The second-order valence-corrected chi connectivity index (χ2v) is 12.6. The first-order valence-corrected chi connectivity index (χ1v) is 15.0. The number of carbonyl (C=O) groups excluding carboxylic acids is 4. The Hall–Kier alpha value is -2.29. The van der Waals surface area contributed by atoms with Crippen LogP contribution in [0.15, 0.2) is 0 Å². The van der Waals surface area contributed by atoms with Crippen molar-refractivity contribution >= 4 is 33.7 Å². The Morgan fingerprint density at radius 2 is 1.51 bits per heavy atom. The molecule has 0 spiro atoms. The van der Waals surface area contributed by atoms with Crippen LogP contribution in [-0.4, -0.2) is 116 Å². The van der Waals surface area contributed by atoms with Crippen molar-refractivity contribution in [3.63, 3.8) is 0 Å². The van der Waals surface area contributed by atoms with Crippen LogP contribution in [0.2, 0.25) is 0 Å². The highest BCUT2D eigenvalue weighted by Crippen LogP contribution is 2.15. The number of nitrogens with one attached hydrogen (secondary N) is 1. The molecule has 0 bridgehead atoms. The number of primary sulfonamides is 1. The third kappa shape index (κ3) is 13.6. The molecule has 39 heavy (non-hydrogen) atoms. The number of sulfonamides is 1. The number of aliphatic hydroxyl groups is 1. The minimum absolute atomic E-state index is 0.126. The van der Waals surface area contributed by atoms with E-state index in [1.807, 2.05) is 13.8 Å². The number of hydrogen-bond donors (Lipinski definition) is 4. The lowest BCUT2D eigenvalue weighted by atomic mass is 9.97. The summed E-state index contributed by atoms with van der Waals surface area (Å²) in [6, 6.07) is -2.61. The Kier molecular flexibility index (Phi) is 15.7. The molecule has 0 aromatic heterocycles. The number of rotatable bonds is 18. The van der Waals surface area contributed by atoms with Gasteiger partial charge in [0.15, 0.2) is 0 Å². The quantitative estimate of drug-likeness (QED) is 0.160. The Bertz CT molecular complexity index is 930. The molecule has 0 fully saturated rings. The van der Waals surface area contributed by atoms with Crippen molar-refractivity contribution in [2.75, 3.05) is 40.0 Å². The molecule has 4 amide bonds. The number of likely N-dealkylation sites (N-methyl/N-ethyl adjacent to an activating group) is 2. The van der Waals surface area contributed by atoms with Gasteiger partial charge >= 0.3 is 0 Å². The molecule has 0 aromatic carbocycles. The lowest BCUT2D eigenvalue weighted by molar-refractivity contribution is -0.148. The maximum atomic E-state index is 13.1. The maximum Gasteiger partial charge on any atom is 0.245 e. The third-order valence-electron chi connectivity index (χ3n) is 6.94. The summed E-state index contributed by atoms with van der Waals surface area (Å²) in [6.07, 6.45) is -0.0126. The molecule has 0 unspecified atom stereocenters. The van der Waals surface area contributed by atoms with Crippen molar-refractivity contribution in [1.29, 1.82) is 0 Å². The summed E-state index contributed by atoms with van der Waals surface area (Å²) in [5, 5.41) is 18.2. The van der Waals surface area contributed by atoms with Crippen LogP contribution >= 0.6 is 0 Å². The van der Waals surface area contributed by atoms with Gasteiger partial charge in [-0.05, 0) is 51.6 Å². The van der Waals surface area contributed by atoms with Crippen molar-refractivity contribution in [1.82, 2.24) is 20.0 Å². The highest BCUT2D eigenvalue weighted by atomic mass is 32.2.